The van der Waals surface area contributed by atoms with Crippen molar-refractivity contribution in [2.24, 2.45) is 7.05 Å². The maximum Gasteiger partial charge on any atom is 0.241 e. The molecule has 0 aliphatic rings. The average Bonchev–Trinajstić information content (AvgIpc) is 2.78. The van der Waals surface area contributed by atoms with Crippen LogP contribution in [0.25, 0.3) is 0 Å². The Balaban J connectivity index is 2.06. The number of sulfonamides is 1. The molecule has 0 spiro atoms. The van der Waals surface area contributed by atoms with Crippen LogP contribution in [0.5, 0.6) is 0 Å². The molecule has 1 aromatic heterocycles. The zero-order valence-electron chi connectivity index (χ0n) is 10.7. The largest absolute Gasteiger partial charge is 0.276 e. The van der Waals surface area contributed by atoms with E-state index in [1.165, 1.54) is 0 Å². The molecule has 0 saturated carbocycles. The van der Waals surface area contributed by atoms with E-state index >= 15 is 0 Å². The zero-order valence-corrected chi connectivity index (χ0v) is 14.7. The van der Waals surface area contributed by atoms with Gasteiger partial charge in [-0.2, -0.15) is 5.10 Å². The van der Waals surface area contributed by atoms with Crippen LogP contribution in [0.15, 0.2) is 44.4 Å². The molecular weight excluding hydrogens is 410 g/mol. The molecular formula is C12H13Br2N3O2S. The molecule has 5 nitrogen and oxygen atoms in total. The van der Waals surface area contributed by atoms with E-state index in [2.05, 4.69) is 41.7 Å². The second-order valence-electron chi connectivity index (χ2n) is 4.24. The third-order valence-electron chi connectivity index (χ3n) is 2.65. The Morgan fingerprint density at radius 3 is 2.75 bits per heavy atom. The lowest BCUT2D eigenvalue weighted by Crippen LogP contribution is -2.26. The van der Waals surface area contributed by atoms with E-state index in [-0.39, 0.29) is 4.90 Å². The van der Waals surface area contributed by atoms with Crippen molar-refractivity contribution in [2.45, 2.75) is 11.3 Å². The minimum atomic E-state index is -3.53. The first-order chi connectivity index (χ1) is 9.38. The van der Waals surface area contributed by atoms with Gasteiger partial charge in [0.2, 0.25) is 10.0 Å². The van der Waals surface area contributed by atoms with Crippen LogP contribution < -0.4 is 4.72 Å². The Bertz CT molecular complexity index is 713. The molecule has 0 unspecified atom stereocenters. The first-order valence-corrected chi connectivity index (χ1v) is 8.87. The van der Waals surface area contributed by atoms with Gasteiger partial charge in [-0.1, -0.05) is 15.9 Å². The molecule has 0 amide bonds. The predicted molar refractivity (Wildman–Crippen MR) is 83.9 cm³/mol. The van der Waals surface area contributed by atoms with Crippen molar-refractivity contribution in [3.05, 3.63) is 45.1 Å². The van der Waals surface area contributed by atoms with Crippen molar-refractivity contribution in [3.63, 3.8) is 0 Å². The zero-order chi connectivity index (χ0) is 14.8. The van der Waals surface area contributed by atoms with Crippen molar-refractivity contribution < 1.29 is 8.42 Å². The van der Waals surface area contributed by atoms with Crippen LogP contribution in [0, 0.1) is 0 Å². The van der Waals surface area contributed by atoms with Crippen LogP contribution in [-0.4, -0.2) is 24.7 Å². The molecule has 0 fully saturated rings. The number of nitrogens with zero attached hydrogens (tertiary/aromatic N) is 2. The van der Waals surface area contributed by atoms with Crippen molar-refractivity contribution in [3.8, 4) is 0 Å². The Labute approximate surface area is 134 Å². The van der Waals surface area contributed by atoms with Crippen LogP contribution in [0.1, 0.15) is 5.56 Å². The lowest BCUT2D eigenvalue weighted by Gasteiger charge is -2.08. The molecule has 1 aromatic carbocycles. The Kier molecular flexibility index (Phi) is 5.00. The number of benzene rings is 1. The second kappa shape index (κ2) is 6.38. The topological polar surface area (TPSA) is 64.0 Å². The maximum atomic E-state index is 12.2. The second-order valence-corrected chi connectivity index (χ2v) is 7.75. The van der Waals surface area contributed by atoms with Gasteiger partial charge in [0.25, 0.3) is 0 Å². The van der Waals surface area contributed by atoms with E-state index in [1.54, 1.807) is 29.1 Å². The summed E-state index contributed by atoms with van der Waals surface area (Å²) in [7, 11) is -1.71. The number of halogens is 2. The van der Waals surface area contributed by atoms with E-state index < -0.39 is 10.0 Å². The van der Waals surface area contributed by atoms with Crippen molar-refractivity contribution in [1.82, 2.24) is 14.5 Å². The summed E-state index contributed by atoms with van der Waals surface area (Å²) in [5.74, 6) is 0. The van der Waals surface area contributed by atoms with Gasteiger partial charge in [0.15, 0.2) is 0 Å². The third-order valence-corrected chi connectivity index (χ3v) is 5.60. The van der Waals surface area contributed by atoms with Crippen LogP contribution in [0.3, 0.4) is 0 Å². The minimum Gasteiger partial charge on any atom is -0.276 e. The number of rotatable bonds is 5. The number of hydrogen-bond donors (Lipinski definition) is 1. The molecule has 0 bridgehead atoms. The van der Waals surface area contributed by atoms with Gasteiger partial charge in [0.1, 0.15) is 0 Å². The summed E-state index contributed by atoms with van der Waals surface area (Å²) in [4.78, 5) is 0.220. The van der Waals surface area contributed by atoms with E-state index in [1.807, 2.05) is 13.2 Å². The van der Waals surface area contributed by atoms with Crippen molar-refractivity contribution in [2.75, 3.05) is 6.54 Å². The molecule has 20 heavy (non-hydrogen) atoms. The Morgan fingerprint density at radius 2 is 2.10 bits per heavy atom. The molecule has 0 aliphatic carbocycles. The highest BCUT2D eigenvalue weighted by molar-refractivity contribution is 9.11. The first kappa shape index (κ1) is 15.7. The fraction of sp³-hybridized carbons (Fsp3) is 0.250. The SMILES string of the molecule is Cn1cc(CCNS(=O)(=O)c2cc(Br)ccc2Br)cn1. The fourth-order valence-corrected chi connectivity index (χ4v) is 4.22. The molecule has 8 heteroatoms. The molecule has 0 aliphatic heterocycles. The fourth-order valence-electron chi connectivity index (χ4n) is 1.69. The number of aromatic nitrogens is 2. The third kappa shape index (κ3) is 3.91. The number of aryl methyl sites for hydroxylation is 1. The molecule has 2 rings (SSSR count). The lowest BCUT2D eigenvalue weighted by atomic mass is 10.3. The van der Waals surface area contributed by atoms with Gasteiger partial charge in [0.05, 0.1) is 11.1 Å². The Morgan fingerprint density at radius 1 is 1.35 bits per heavy atom. The summed E-state index contributed by atoms with van der Waals surface area (Å²) >= 11 is 6.53. The van der Waals surface area contributed by atoms with Gasteiger partial charge in [-0.05, 0) is 46.1 Å². The molecule has 0 atom stereocenters. The minimum absolute atomic E-state index is 0.220. The van der Waals surface area contributed by atoms with E-state index in [0.717, 1.165) is 5.56 Å². The molecule has 1 heterocycles. The Hall–Kier alpha value is -0.700. The molecule has 108 valence electrons. The van der Waals surface area contributed by atoms with Gasteiger partial charge in [0, 0.05) is 28.7 Å². The molecule has 1 N–H and O–H groups in total. The summed E-state index contributed by atoms with van der Waals surface area (Å²) < 4.78 is 30.0. The summed E-state index contributed by atoms with van der Waals surface area (Å²) in [5.41, 5.74) is 0.989. The van der Waals surface area contributed by atoms with Crippen LogP contribution in [-0.2, 0) is 23.5 Å². The summed E-state index contributed by atoms with van der Waals surface area (Å²) in [6.07, 6.45) is 4.19. The monoisotopic (exact) mass is 421 g/mol. The standard InChI is InChI=1S/C12H13Br2N3O2S/c1-17-8-9(7-15-17)4-5-16-20(18,19)12-6-10(13)2-3-11(12)14/h2-3,6-8,16H,4-5H2,1H3. The van der Waals surface area contributed by atoms with Gasteiger partial charge < -0.3 is 0 Å². The van der Waals surface area contributed by atoms with Gasteiger partial charge in [-0.15, -0.1) is 0 Å². The van der Waals surface area contributed by atoms with Crippen LogP contribution >= 0.6 is 31.9 Å². The van der Waals surface area contributed by atoms with Crippen molar-refractivity contribution in [1.29, 1.82) is 0 Å². The summed E-state index contributed by atoms with van der Waals surface area (Å²) in [6.45, 7) is 0.326. The highest BCUT2D eigenvalue weighted by Gasteiger charge is 2.17. The van der Waals surface area contributed by atoms with E-state index in [4.69, 9.17) is 0 Å². The van der Waals surface area contributed by atoms with Crippen molar-refractivity contribution >= 4 is 41.9 Å². The normalized spacial score (nSPS) is 11.8. The summed E-state index contributed by atoms with van der Waals surface area (Å²) in [5, 5.41) is 4.04. The van der Waals surface area contributed by atoms with E-state index in [0.29, 0.717) is 21.9 Å². The highest BCUT2D eigenvalue weighted by Crippen LogP contribution is 2.25. The van der Waals surface area contributed by atoms with E-state index in [9.17, 15) is 8.42 Å². The first-order valence-electron chi connectivity index (χ1n) is 5.81. The van der Waals surface area contributed by atoms with Gasteiger partial charge in [-0.3, -0.25) is 4.68 Å². The predicted octanol–water partition coefficient (Wildman–Crippen LogP) is 2.47. The average molecular weight is 423 g/mol. The van der Waals surface area contributed by atoms with Gasteiger partial charge >= 0.3 is 0 Å². The van der Waals surface area contributed by atoms with Crippen LogP contribution in [0.2, 0.25) is 0 Å². The smallest absolute Gasteiger partial charge is 0.241 e. The number of hydrogen-bond acceptors (Lipinski definition) is 3. The number of nitrogens with one attached hydrogen (secondary N) is 1. The summed E-state index contributed by atoms with van der Waals surface area (Å²) in [6, 6.07) is 5.04. The quantitative estimate of drug-likeness (QED) is 0.804. The van der Waals surface area contributed by atoms with Crippen LogP contribution in [0.4, 0.5) is 0 Å². The maximum absolute atomic E-state index is 12.2. The lowest BCUT2D eigenvalue weighted by molar-refractivity contribution is 0.581. The van der Waals surface area contributed by atoms with Gasteiger partial charge in [-0.25, -0.2) is 13.1 Å². The molecule has 0 radical (unpaired) electrons. The molecule has 2 aromatic rings. The molecule has 0 saturated heterocycles. The highest BCUT2D eigenvalue weighted by atomic mass is 79.9.